The summed E-state index contributed by atoms with van der Waals surface area (Å²) in [7, 11) is 0. The molecule has 0 saturated carbocycles. The van der Waals surface area contributed by atoms with Crippen molar-refractivity contribution in [3.63, 3.8) is 0 Å². The minimum absolute atomic E-state index is 0.251. The van der Waals surface area contributed by atoms with Crippen molar-refractivity contribution in [1.29, 1.82) is 0 Å². The maximum absolute atomic E-state index is 11.7. The molecule has 2 aromatic rings. The number of hydrogen-bond donors (Lipinski definition) is 2. The molecular weight excluding hydrogens is 276 g/mol. The Morgan fingerprint density at radius 3 is 3.00 bits per heavy atom. The second-order valence-electron chi connectivity index (χ2n) is 5.00. The van der Waals surface area contributed by atoms with Crippen LogP contribution in [-0.4, -0.2) is 32.9 Å². The van der Waals surface area contributed by atoms with E-state index < -0.39 is 5.69 Å². The first kappa shape index (κ1) is 13.3. The molecule has 3 heterocycles. The van der Waals surface area contributed by atoms with Crippen LogP contribution >= 0.6 is 11.3 Å². The van der Waals surface area contributed by atoms with Crippen LogP contribution in [0.25, 0.3) is 0 Å². The monoisotopic (exact) mass is 292 g/mol. The van der Waals surface area contributed by atoms with Crippen molar-refractivity contribution in [3.8, 4) is 0 Å². The van der Waals surface area contributed by atoms with Gasteiger partial charge >= 0.3 is 5.69 Å². The van der Waals surface area contributed by atoms with Crippen LogP contribution in [0.2, 0.25) is 0 Å². The van der Waals surface area contributed by atoms with Crippen molar-refractivity contribution in [2.24, 2.45) is 0 Å². The second-order valence-corrected chi connectivity index (χ2v) is 6.06. The quantitative estimate of drug-likeness (QED) is 0.859. The van der Waals surface area contributed by atoms with E-state index >= 15 is 0 Å². The van der Waals surface area contributed by atoms with Crippen molar-refractivity contribution >= 4 is 11.3 Å². The van der Waals surface area contributed by atoms with Crippen LogP contribution < -0.4 is 11.2 Å². The molecule has 7 heteroatoms. The molecule has 0 unspecified atom stereocenters. The summed E-state index contributed by atoms with van der Waals surface area (Å²) in [4.78, 5) is 34.7. The average Bonchev–Trinajstić information content (AvgIpc) is 2.81. The lowest BCUT2D eigenvalue weighted by molar-refractivity contribution is 0.251. The van der Waals surface area contributed by atoms with Crippen molar-refractivity contribution in [3.05, 3.63) is 48.2 Å². The molecule has 0 aromatic carbocycles. The fourth-order valence-corrected chi connectivity index (χ4v) is 3.16. The van der Waals surface area contributed by atoms with E-state index in [4.69, 9.17) is 0 Å². The Labute approximate surface area is 119 Å². The SMILES string of the molecule is Cc1nc(CCN2CCc3c([nH]c(=O)[nH]c3=O)C2)cs1. The molecule has 1 aliphatic rings. The van der Waals surface area contributed by atoms with Crippen molar-refractivity contribution < 1.29 is 0 Å². The Bertz CT molecular complexity index is 730. The summed E-state index contributed by atoms with van der Waals surface area (Å²) in [5.41, 5.74) is 1.90. The lowest BCUT2D eigenvalue weighted by atomic mass is 10.1. The van der Waals surface area contributed by atoms with Gasteiger partial charge in [0.1, 0.15) is 0 Å². The molecule has 0 atom stereocenters. The maximum Gasteiger partial charge on any atom is 0.325 e. The standard InChI is InChI=1S/C13H16N4O2S/c1-8-14-9(7-20-8)2-4-17-5-3-10-11(6-17)15-13(19)16-12(10)18/h7H,2-6H2,1H3,(H2,15,16,18,19). The Kier molecular flexibility index (Phi) is 3.54. The highest BCUT2D eigenvalue weighted by molar-refractivity contribution is 7.09. The van der Waals surface area contributed by atoms with Crippen molar-refractivity contribution in [2.75, 3.05) is 13.1 Å². The van der Waals surface area contributed by atoms with Gasteiger partial charge in [0.2, 0.25) is 0 Å². The average molecular weight is 292 g/mol. The summed E-state index contributed by atoms with van der Waals surface area (Å²) >= 11 is 1.66. The molecule has 1 aliphatic heterocycles. The zero-order valence-electron chi connectivity index (χ0n) is 11.2. The summed E-state index contributed by atoms with van der Waals surface area (Å²) in [5.74, 6) is 0. The predicted octanol–water partition coefficient (Wildman–Crippen LogP) is 0.429. The third kappa shape index (κ3) is 2.73. The van der Waals surface area contributed by atoms with Crippen LogP contribution in [0.1, 0.15) is 22.0 Å². The highest BCUT2D eigenvalue weighted by Gasteiger charge is 2.19. The topological polar surface area (TPSA) is 81.8 Å². The largest absolute Gasteiger partial charge is 0.325 e. The van der Waals surface area contributed by atoms with Gasteiger partial charge in [0.15, 0.2) is 0 Å². The van der Waals surface area contributed by atoms with E-state index in [1.54, 1.807) is 11.3 Å². The Morgan fingerprint density at radius 2 is 2.25 bits per heavy atom. The van der Waals surface area contributed by atoms with Gasteiger partial charge in [-0.05, 0) is 13.3 Å². The zero-order valence-corrected chi connectivity index (χ0v) is 12.0. The highest BCUT2D eigenvalue weighted by atomic mass is 32.1. The van der Waals surface area contributed by atoms with Crippen LogP contribution in [-0.2, 0) is 19.4 Å². The molecule has 0 bridgehead atoms. The summed E-state index contributed by atoms with van der Waals surface area (Å²) in [6.45, 7) is 4.35. The van der Waals surface area contributed by atoms with Gasteiger partial charge in [-0.3, -0.25) is 14.7 Å². The van der Waals surface area contributed by atoms with E-state index in [2.05, 4.69) is 25.2 Å². The Morgan fingerprint density at radius 1 is 1.40 bits per heavy atom. The molecule has 0 saturated heterocycles. The summed E-state index contributed by atoms with van der Waals surface area (Å²) in [6, 6.07) is 0. The zero-order chi connectivity index (χ0) is 14.1. The number of aryl methyl sites for hydroxylation is 1. The number of aromatic amines is 2. The molecule has 2 N–H and O–H groups in total. The van der Waals surface area contributed by atoms with Gasteiger partial charge in [0.25, 0.3) is 5.56 Å². The number of aromatic nitrogens is 3. The number of hydrogen-bond acceptors (Lipinski definition) is 5. The van der Waals surface area contributed by atoms with Gasteiger partial charge in [-0.1, -0.05) is 0 Å². The van der Waals surface area contributed by atoms with Gasteiger partial charge in [-0.2, -0.15) is 0 Å². The highest BCUT2D eigenvalue weighted by Crippen LogP contribution is 2.14. The molecule has 0 radical (unpaired) electrons. The number of thiazole rings is 1. The van der Waals surface area contributed by atoms with Crippen LogP contribution in [0.4, 0.5) is 0 Å². The fourth-order valence-electron chi connectivity index (χ4n) is 2.52. The maximum atomic E-state index is 11.7. The minimum Gasteiger partial charge on any atom is -0.310 e. The van der Waals surface area contributed by atoms with E-state index in [0.29, 0.717) is 18.5 Å². The van der Waals surface area contributed by atoms with Crippen LogP contribution in [0.15, 0.2) is 15.0 Å². The molecule has 0 amide bonds. The molecule has 106 valence electrons. The third-order valence-electron chi connectivity index (χ3n) is 3.54. The smallest absolute Gasteiger partial charge is 0.310 e. The molecule has 3 rings (SSSR count). The summed E-state index contributed by atoms with van der Waals surface area (Å²) in [5, 5.41) is 3.17. The third-order valence-corrected chi connectivity index (χ3v) is 4.36. The van der Waals surface area contributed by atoms with E-state index in [9.17, 15) is 9.59 Å². The van der Waals surface area contributed by atoms with E-state index in [-0.39, 0.29) is 5.56 Å². The van der Waals surface area contributed by atoms with Crippen molar-refractivity contribution in [1.82, 2.24) is 19.9 Å². The second kappa shape index (κ2) is 5.34. The fraction of sp³-hybridized carbons (Fsp3) is 0.462. The molecule has 0 fully saturated rings. The van der Waals surface area contributed by atoms with Gasteiger partial charge in [-0.15, -0.1) is 11.3 Å². The molecule has 2 aromatic heterocycles. The van der Waals surface area contributed by atoms with Gasteiger partial charge in [0, 0.05) is 42.7 Å². The first-order valence-corrected chi connectivity index (χ1v) is 7.47. The van der Waals surface area contributed by atoms with Crippen LogP contribution in [0.3, 0.4) is 0 Å². The van der Waals surface area contributed by atoms with E-state index in [0.717, 1.165) is 35.9 Å². The number of fused-ring (bicyclic) bond motifs is 1. The first-order valence-electron chi connectivity index (χ1n) is 6.59. The molecule has 20 heavy (non-hydrogen) atoms. The number of nitrogens with one attached hydrogen (secondary N) is 2. The van der Waals surface area contributed by atoms with Crippen LogP contribution in [0.5, 0.6) is 0 Å². The van der Waals surface area contributed by atoms with Crippen LogP contribution in [0, 0.1) is 6.92 Å². The normalized spacial score (nSPS) is 15.2. The molecular formula is C13H16N4O2S. The number of H-pyrrole nitrogens is 2. The van der Waals surface area contributed by atoms with Gasteiger partial charge in [-0.25, -0.2) is 9.78 Å². The Hall–Kier alpha value is -1.73. The molecule has 0 aliphatic carbocycles. The molecule has 6 nitrogen and oxygen atoms in total. The lowest BCUT2D eigenvalue weighted by Gasteiger charge is -2.27. The number of rotatable bonds is 3. The number of nitrogens with zero attached hydrogens (tertiary/aromatic N) is 2. The lowest BCUT2D eigenvalue weighted by Crippen LogP contribution is -2.39. The summed E-state index contributed by atoms with van der Waals surface area (Å²) < 4.78 is 0. The summed E-state index contributed by atoms with van der Waals surface area (Å²) in [6.07, 6.45) is 1.57. The van der Waals surface area contributed by atoms with E-state index in [1.165, 1.54) is 0 Å². The Balaban J connectivity index is 1.69. The minimum atomic E-state index is -0.425. The first-order chi connectivity index (χ1) is 9.61. The molecule has 0 spiro atoms. The van der Waals surface area contributed by atoms with E-state index in [1.807, 2.05) is 6.92 Å². The van der Waals surface area contributed by atoms with Crippen molar-refractivity contribution in [2.45, 2.75) is 26.3 Å². The van der Waals surface area contributed by atoms with Gasteiger partial charge < -0.3 is 4.98 Å². The van der Waals surface area contributed by atoms with Gasteiger partial charge in [0.05, 0.1) is 10.7 Å². The predicted molar refractivity (Wildman–Crippen MR) is 77.2 cm³/mol.